The second kappa shape index (κ2) is 44.7. The minimum absolute atomic E-state index is 0.00516. The highest BCUT2D eigenvalue weighted by atomic mass is 16.2. The highest BCUT2D eigenvalue weighted by molar-refractivity contribution is 6.13. The lowest BCUT2D eigenvalue weighted by molar-refractivity contribution is -0.121. The third-order valence-electron chi connectivity index (χ3n) is 22.3. The molecule has 732 valence electrons. The van der Waals surface area contributed by atoms with Gasteiger partial charge < -0.3 is 156 Å². The first-order chi connectivity index (χ1) is 66.1. The second-order valence-corrected chi connectivity index (χ2v) is 33.4. The number of aryl methyl sites for hydroxylation is 12. The summed E-state index contributed by atoms with van der Waals surface area (Å²) in [6, 6.07) is 15.0. The van der Waals surface area contributed by atoms with Gasteiger partial charge in [-0.3, -0.25) is 76.7 Å². The second-order valence-electron chi connectivity index (χ2n) is 33.4. The number of nitrogens with one attached hydrogen (secondary N) is 16. The van der Waals surface area contributed by atoms with Crippen molar-refractivity contribution in [2.75, 3.05) is 118 Å². The van der Waals surface area contributed by atoms with Crippen molar-refractivity contribution < 1.29 is 76.7 Å². The quantitative estimate of drug-likeness (QED) is 0.0242. The van der Waals surface area contributed by atoms with Crippen molar-refractivity contribution in [2.45, 2.75) is 44.6 Å². The number of carbonyl (C=O) groups is 16. The summed E-state index contributed by atoms with van der Waals surface area (Å²) in [4.78, 5) is 219. The van der Waals surface area contributed by atoms with Crippen molar-refractivity contribution >= 4 is 157 Å². The Morgan fingerprint density at radius 2 is 0.511 bits per heavy atom. The zero-order valence-corrected chi connectivity index (χ0v) is 78.8. The molecule has 0 radical (unpaired) electrons. The zero-order chi connectivity index (χ0) is 100. The Hall–Kier alpha value is -17.3. The molecule has 1 atom stereocenters. The lowest BCUT2D eigenvalue weighted by atomic mass is 10.2. The van der Waals surface area contributed by atoms with Gasteiger partial charge in [-0.15, -0.1) is 0 Å². The molecule has 48 nitrogen and oxygen atoms in total. The van der Waals surface area contributed by atoms with Crippen LogP contribution in [0.2, 0.25) is 0 Å². The summed E-state index contributed by atoms with van der Waals surface area (Å²) >= 11 is 0. The molecule has 0 aromatic carbocycles. The number of hydrogen-bond acceptors (Lipinski definition) is 20. The van der Waals surface area contributed by atoms with Crippen LogP contribution < -0.4 is 96.5 Å². The van der Waals surface area contributed by atoms with Crippen molar-refractivity contribution in [3.8, 4) is 0 Å². The number of hydrogen-bond donors (Lipinski definition) is 18. The number of aromatic nitrogens is 13. The normalized spacial score (nSPS) is 11.3. The standard InChI is InChI=1S/C91H112N32O16/c1-111(27-14-20-92)28-15-21-94-75(124)17-23-97-81(129)65-33-56(45-114(65)4)105-88(136)72-39-61(50-121(72)11)109-89(137)73-38-60(49-122(73)12)108-85(133)69-31-53(42-118(69)8)101-76(125)18-24-98-82(130)66-34-57(46-115(66)5)103-86(134)70-36-54(43-119(70)9)102-79(127)63(93)16-22-96-80(128)64-32-55(44-113(64)3)104-87(135)71-37-59(48-120(71)10)107-84(132)68-30-52(41-117(68)7)100-77(126)19-25-99-83(131)67-35-58(47-116(67)6)106-90(138)74-40-62(51-123(74)13)110-91(139)78-95-26-29-112(78)2/h26,29-51,63H,14-25,27-28,92-93H2,1-13H3,(H,94,124)(H,96,128)(H,97,129)(H,98,130)(H,99,131)(H,100,126)(H,101,125)(H,102,127)(H,103,134)(H,104,135)(H,105,136)(H,106,138)(H,107,132)(H,108,133)(H,109,137)(H,110,139). The molecule has 0 saturated carbocycles. The van der Waals surface area contributed by atoms with E-state index in [1.165, 1.54) is 162 Å². The van der Waals surface area contributed by atoms with Gasteiger partial charge in [0.15, 0.2) is 5.82 Å². The Morgan fingerprint density at radius 1 is 0.281 bits per heavy atom. The summed E-state index contributed by atoms with van der Waals surface area (Å²) < 4.78 is 18.1. The largest absolute Gasteiger partial charge is 0.356 e. The van der Waals surface area contributed by atoms with E-state index in [0.29, 0.717) is 41.5 Å². The maximum atomic E-state index is 13.6. The molecule has 12 rings (SSSR count). The third kappa shape index (κ3) is 26.0. The molecule has 12 aromatic rings. The van der Waals surface area contributed by atoms with E-state index >= 15 is 0 Å². The van der Waals surface area contributed by atoms with Crippen molar-refractivity contribution in [3.63, 3.8) is 0 Å². The van der Waals surface area contributed by atoms with Crippen LogP contribution in [0.25, 0.3) is 0 Å². The smallest absolute Gasteiger partial charge is 0.291 e. The highest BCUT2D eigenvalue weighted by Crippen LogP contribution is 2.27. The maximum Gasteiger partial charge on any atom is 0.291 e. The summed E-state index contributed by atoms with van der Waals surface area (Å²) in [5.74, 6) is -7.95. The van der Waals surface area contributed by atoms with Crippen LogP contribution in [0.15, 0.2) is 147 Å². The molecule has 12 aromatic heterocycles. The fourth-order valence-corrected chi connectivity index (χ4v) is 15.1. The number of nitrogens with two attached hydrogens (primary N) is 2. The fourth-order valence-electron chi connectivity index (χ4n) is 15.1. The van der Waals surface area contributed by atoms with Crippen LogP contribution >= 0.6 is 0 Å². The van der Waals surface area contributed by atoms with Crippen molar-refractivity contribution in [1.82, 2.24) is 91.3 Å². The van der Waals surface area contributed by atoms with Gasteiger partial charge in [0.1, 0.15) is 62.6 Å². The van der Waals surface area contributed by atoms with E-state index in [9.17, 15) is 76.7 Å². The Balaban J connectivity index is 0.518. The molecule has 20 N–H and O–H groups in total. The van der Waals surface area contributed by atoms with Crippen LogP contribution in [0, 0.1) is 0 Å². The number of rotatable bonds is 43. The first kappa shape index (κ1) is 101. The molecule has 12 heterocycles. The average molecular weight is 1910 g/mol. The summed E-state index contributed by atoms with van der Waals surface area (Å²) in [5, 5.41) is 44.0. The molecule has 139 heavy (non-hydrogen) atoms. The van der Waals surface area contributed by atoms with Gasteiger partial charge in [-0.1, -0.05) is 0 Å². The number of nitrogens with zero attached hydrogens (tertiary/aromatic N) is 14. The Bertz CT molecular complexity index is 6730. The van der Waals surface area contributed by atoms with E-state index < -0.39 is 94.6 Å². The van der Waals surface area contributed by atoms with E-state index in [0.717, 1.165) is 25.9 Å². The van der Waals surface area contributed by atoms with Gasteiger partial charge in [0.05, 0.1) is 68.6 Å². The van der Waals surface area contributed by atoms with Crippen molar-refractivity contribution in [3.05, 3.63) is 216 Å². The first-order valence-electron chi connectivity index (χ1n) is 43.9. The van der Waals surface area contributed by atoms with Gasteiger partial charge >= 0.3 is 0 Å². The van der Waals surface area contributed by atoms with Crippen LogP contribution in [0.4, 0.5) is 62.6 Å². The molecule has 0 bridgehead atoms. The van der Waals surface area contributed by atoms with Crippen LogP contribution in [-0.2, 0) is 104 Å². The summed E-state index contributed by atoms with van der Waals surface area (Å²) in [6.45, 7) is 2.74. The zero-order valence-electron chi connectivity index (χ0n) is 78.8. The molecule has 0 aliphatic rings. The maximum absolute atomic E-state index is 13.6. The lowest BCUT2D eigenvalue weighted by Gasteiger charge is -2.15. The highest BCUT2D eigenvalue weighted by Gasteiger charge is 2.28. The molecule has 0 aliphatic heterocycles. The predicted molar refractivity (Wildman–Crippen MR) is 517 cm³/mol. The molecule has 0 spiro atoms. The molecular weight excluding hydrogens is 1800 g/mol. The molecule has 0 aliphatic carbocycles. The van der Waals surface area contributed by atoms with Gasteiger partial charge in [0, 0.05) is 217 Å². The number of anilines is 11. The Morgan fingerprint density at radius 3 is 0.770 bits per heavy atom. The molecular formula is C91H112N32O16. The molecule has 1 unspecified atom stereocenters. The minimum atomic E-state index is -1.12. The SMILES string of the molecule is CN(CCCN)CCCNC(=O)CCNC(=O)c1cc(NC(=O)c2cc(NC(=O)c3cc(NC(=O)c4cc(NC(=O)CCNC(=O)c5cc(NC(=O)c6cc(NC(=O)C(N)CCNC(=O)c7cc(NC(=O)c8cc(NC(=O)c9cc(NC(=O)CCNC(=O)c%10cc(NC(=O)c%11cc(NC(=O)c%12nccn%12C)cn%11C)cn%10C)cn9C)cn8C)cn7C)cn6C)cn5C)cn4C)cn3C)cn2C)cn1C. The third-order valence-corrected chi connectivity index (χ3v) is 22.3. The summed E-state index contributed by atoms with van der Waals surface area (Å²) in [7, 11) is 21.4. The van der Waals surface area contributed by atoms with E-state index in [4.69, 9.17) is 11.5 Å². The lowest BCUT2D eigenvalue weighted by Crippen LogP contribution is -2.39. The average Bonchev–Trinajstić information content (AvgIpc) is 1.65. The topological polar surface area (TPSA) is 593 Å². The fraction of sp³-hybridized carbons (Fsp3) is 0.308. The summed E-state index contributed by atoms with van der Waals surface area (Å²) in [6.07, 6.45) is 21.5. The Labute approximate surface area is 795 Å². The molecule has 48 heteroatoms. The van der Waals surface area contributed by atoms with E-state index in [2.05, 4.69) is 95.0 Å². The summed E-state index contributed by atoms with van der Waals surface area (Å²) in [5.41, 5.74) is 16.9. The van der Waals surface area contributed by atoms with Crippen LogP contribution in [0.5, 0.6) is 0 Å². The van der Waals surface area contributed by atoms with Gasteiger partial charge in [-0.25, -0.2) is 4.98 Å². The number of imidazole rings is 1. The molecule has 0 saturated heterocycles. The molecule has 0 fully saturated rings. The first-order valence-corrected chi connectivity index (χ1v) is 43.9. The van der Waals surface area contributed by atoms with Gasteiger partial charge in [0.25, 0.3) is 70.9 Å². The van der Waals surface area contributed by atoms with Crippen LogP contribution in [-0.4, -0.2) is 225 Å². The molecule has 16 amide bonds. The van der Waals surface area contributed by atoms with E-state index in [1.807, 2.05) is 7.05 Å². The van der Waals surface area contributed by atoms with Crippen molar-refractivity contribution in [2.24, 2.45) is 96.0 Å². The van der Waals surface area contributed by atoms with Crippen LogP contribution in [0.3, 0.4) is 0 Å². The van der Waals surface area contributed by atoms with E-state index in [1.54, 1.807) is 125 Å². The van der Waals surface area contributed by atoms with E-state index in [-0.39, 0.29) is 160 Å². The minimum Gasteiger partial charge on any atom is -0.356 e. The predicted octanol–water partition coefficient (Wildman–Crippen LogP) is 3.67. The van der Waals surface area contributed by atoms with Gasteiger partial charge in [-0.05, 0) is 113 Å². The Kier molecular flexibility index (Phi) is 32.4. The van der Waals surface area contributed by atoms with Crippen LogP contribution in [0.1, 0.15) is 165 Å². The monoisotopic (exact) mass is 1910 g/mol. The van der Waals surface area contributed by atoms with Crippen molar-refractivity contribution in [1.29, 1.82) is 0 Å². The van der Waals surface area contributed by atoms with Gasteiger partial charge in [0.2, 0.25) is 23.6 Å². The number of carbonyl (C=O) groups excluding carboxylic acids is 16. The van der Waals surface area contributed by atoms with Gasteiger partial charge in [-0.2, -0.15) is 0 Å². The number of amides is 16.